The lowest BCUT2D eigenvalue weighted by Crippen LogP contribution is -2.17. The fourth-order valence-electron chi connectivity index (χ4n) is 2.17. The number of nitrogens with zero attached hydrogens (tertiary/aromatic N) is 1. The van der Waals surface area contributed by atoms with Gasteiger partial charge in [0.15, 0.2) is 0 Å². The smallest absolute Gasteiger partial charge is 0.227 e. The maximum absolute atomic E-state index is 5.27. The summed E-state index contributed by atoms with van der Waals surface area (Å²) in [6.45, 7) is 3.27. The molecule has 0 aromatic carbocycles. The van der Waals surface area contributed by atoms with Crippen molar-refractivity contribution in [2.75, 3.05) is 25.0 Å². The molecule has 2 aromatic heterocycles. The van der Waals surface area contributed by atoms with Crippen LogP contribution in [0.25, 0.3) is 11.1 Å². The van der Waals surface area contributed by atoms with E-state index >= 15 is 0 Å². The van der Waals surface area contributed by atoms with Crippen LogP contribution in [0.5, 0.6) is 0 Å². The second kappa shape index (κ2) is 4.14. The van der Waals surface area contributed by atoms with E-state index in [0.29, 0.717) is 5.71 Å². The number of furan rings is 1. The molecule has 0 radical (unpaired) electrons. The van der Waals surface area contributed by atoms with Gasteiger partial charge in [0, 0.05) is 18.4 Å². The van der Waals surface area contributed by atoms with Gasteiger partial charge in [-0.3, -0.25) is 0 Å². The van der Waals surface area contributed by atoms with Crippen molar-refractivity contribution in [1.29, 1.82) is 0 Å². The zero-order valence-corrected chi connectivity index (χ0v) is 9.07. The maximum Gasteiger partial charge on any atom is 0.227 e. The molecule has 4 heteroatoms. The van der Waals surface area contributed by atoms with Crippen LogP contribution in [0.15, 0.2) is 29.0 Å². The molecule has 1 atom stereocenters. The number of fused-ring (bicyclic) bond motifs is 1. The van der Waals surface area contributed by atoms with E-state index in [0.717, 1.165) is 36.6 Å². The fourth-order valence-corrected chi connectivity index (χ4v) is 2.17. The van der Waals surface area contributed by atoms with Crippen molar-refractivity contribution in [2.24, 2.45) is 5.92 Å². The number of pyridine rings is 1. The van der Waals surface area contributed by atoms with Crippen LogP contribution in [0.4, 0.5) is 5.69 Å². The standard InChI is InChI=1S/C12H15N3O/c1-4-13-7-9(1)8-15-11-2-5-14-12-10(11)3-6-16-12/h2-3,5-6,9,13H,1,4,7-8H2,(H,14,15). The minimum absolute atomic E-state index is 0.703. The first kappa shape index (κ1) is 9.66. The van der Waals surface area contributed by atoms with Crippen LogP contribution in [-0.4, -0.2) is 24.6 Å². The lowest BCUT2D eigenvalue weighted by atomic mass is 10.1. The molecule has 4 nitrogen and oxygen atoms in total. The Balaban J connectivity index is 1.75. The van der Waals surface area contributed by atoms with Gasteiger partial charge in [-0.2, -0.15) is 0 Å². The normalized spacial score (nSPS) is 20.4. The van der Waals surface area contributed by atoms with Gasteiger partial charge in [-0.05, 0) is 37.6 Å². The van der Waals surface area contributed by atoms with E-state index in [2.05, 4.69) is 15.6 Å². The average Bonchev–Trinajstić information content (AvgIpc) is 2.97. The zero-order chi connectivity index (χ0) is 10.8. The Hall–Kier alpha value is -1.55. The number of rotatable bonds is 3. The SMILES string of the molecule is c1cc(NCC2CCNC2)c2ccoc2n1. The number of hydrogen-bond acceptors (Lipinski definition) is 4. The first-order valence-corrected chi connectivity index (χ1v) is 5.70. The summed E-state index contributed by atoms with van der Waals surface area (Å²) in [6.07, 6.45) is 4.72. The van der Waals surface area contributed by atoms with Crippen LogP contribution < -0.4 is 10.6 Å². The summed E-state index contributed by atoms with van der Waals surface area (Å²) in [6, 6.07) is 3.96. The third-order valence-electron chi connectivity index (χ3n) is 3.11. The summed E-state index contributed by atoms with van der Waals surface area (Å²) in [5.41, 5.74) is 1.82. The van der Waals surface area contributed by atoms with E-state index in [1.54, 1.807) is 12.5 Å². The number of nitrogens with one attached hydrogen (secondary N) is 2. The molecule has 1 aliphatic heterocycles. The molecule has 1 fully saturated rings. The van der Waals surface area contributed by atoms with E-state index in [4.69, 9.17) is 4.42 Å². The number of aromatic nitrogens is 1. The van der Waals surface area contributed by atoms with Gasteiger partial charge in [-0.25, -0.2) is 4.98 Å². The highest BCUT2D eigenvalue weighted by atomic mass is 16.3. The molecular weight excluding hydrogens is 202 g/mol. The Morgan fingerprint density at radius 3 is 3.38 bits per heavy atom. The Bertz CT molecular complexity index is 474. The van der Waals surface area contributed by atoms with E-state index in [9.17, 15) is 0 Å². The zero-order valence-electron chi connectivity index (χ0n) is 9.07. The van der Waals surface area contributed by atoms with Crippen LogP contribution in [0.3, 0.4) is 0 Å². The second-order valence-corrected chi connectivity index (χ2v) is 4.24. The summed E-state index contributed by atoms with van der Waals surface area (Å²) in [4.78, 5) is 4.16. The first-order chi connectivity index (χ1) is 7.93. The summed E-state index contributed by atoms with van der Waals surface area (Å²) in [5, 5.41) is 7.91. The van der Waals surface area contributed by atoms with Crippen molar-refractivity contribution < 1.29 is 4.42 Å². The minimum Gasteiger partial charge on any atom is -0.446 e. The Labute approximate surface area is 94.0 Å². The third-order valence-corrected chi connectivity index (χ3v) is 3.11. The van der Waals surface area contributed by atoms with Gasteiger partial charge in [0.25, 0.3) is 0 Å². The molecule has 84 valence electrons. The monoisotopic (exact) mass is 217 g/mol. The average molecular weight is 217 g/mol. The Morgan fingerprint density at radius 2 is 2.50 bits per heavy atom. The molecule has 16 heavy (non-hydrogen) atoms. The minimum atomic E-state index is 0.703. The predicted octanol–water partition coefficient (Wildman–Crippen LogP) is 1.85. The molecule has 1 saturated heterocycles. The summed E-state index contributed by atoms with van der Waals surface area (Å²) in [5.74, 6) is 0.732. The van der Waals surface area contributed by atoms with Gasteiger partial charge in [0.05, 0.1) is 11.6 Å². The summed E-state index contributed by atoms with van der Waals surface area (Å²) < 4.78 is 5.27. The largest absolute Gasteiger partial charge is 0.446 e. The molecule has 0 aliphatic carbocycles. The van der Waals surface area contributed by atoms with Gasteiger partial charge in [0.2, 0.25) is 5.71 Å². The molecular formula is C12H15N3O. The molecule has 3 rings (SSSR count). The molecule has 1 aliphatic rings. The van der Waals surface area contributed by atoms with Gasteiger partial charge in [-0.1, -0.05) is 0 Å². The second-order valence-electron chi connectivity index (χ2n) is 4.24. The van der Waals surface area contributed by atoms with Crippen LogP contribution in [0.1, 0.15) is 6.42 Å². The molecule has 3 heterocycles. The van der Waals surface area contributed by atoms with Crippen molar-refractivity contribution in [3.8, 4) is 0 Å². The van der Waals surface area contributed by atoms with Crippen molar-refractivity contribution in [1.82, 2.24) is 10.3 Å². The van der Waals surface area contributed by atoms with Crippen LogP contribution in [-0.2, 0) is 0 Å². The van der Waals surface area contributed by atoms with Crippen molar-refractivity contribution in [3.63, 3.8) is 0 Å². The van der Waals surface area contributed by atoms with Gasteiger partial charge >= 0.3 is 0 Å². The molecule has 0 spiro atoms. The quantitative estimate of drug-likeness (QED) is 0.823. The van der Waals surface area contributed by atoms with Gasteiger partial charge < -0.3 is 15.1 Å². The highest BCUT2D eigenvalue weighted by molar-refractivity contribution is 5.87. The Kier molecular flexibility index (Phi) is 2.50. The number of hydrogen-bond donors (Lipinski definition) is 2. The van der Waals surface area contributed by atoms with Crippen LogP contribution in [0.2, 0.25) is 0 Å². The number of anilines is 1. The topological polar surface area (TPSA) is 50.1 Å². The molecule has 0 bridgehead atoms. The van der Waals surface area contributed by atoms with E-state index in [1.165, 1.54) is 6.42 Å². The maximum atomic E-state index is 5.27. The van der Waals surface area contributed by atoms with Crippen LogP contribution in [0, 0.1) is 5.92 Å². The van der Waals surface area contributed by atoms with Crippen molar-refractivity contribution >= 4 is 16.8 Å². The first-order valence-electron chi connectivity index (χ1n) is 5.70. The van der Waals surface area contributed by atoms with Crippen molar-refractivity contribution in [3.05, 3.63) is 24.6 Å². The third kappa shape index (κ3) is 1.76. The fraction of sp³-hybridized carbons (Fsp3) is 0.417. The lowest BCUT2D eigenvalue weighted by Gasteiger charge is -2.11. The van der Waals surface area contributed by atoms with E-state index in [1.807, 2.05) is 12.1 Å². The van der Waals surface area contributed by atoms with Gasteiger partial charge in [-0.15, -0.1) is 0 Å². The van der Waals surface area contributed by atoms with E-state index < -0.39 is 0 Å². The highest BCUT2D eigenvalue weighted by Crippen LogP contribution is 2.22. The molecule has 0 saturated carbocycles. The summed E-state index contributed by atoms with van der Waals surface area (Å²) in [7, 11) is 0. The van der Waals surface area contributed by atoms with E-state index in [-0.39, 0.29) is 0 Å². The molecule has 1 unspecified atom stereocenters. The molecule has 2 N–H and O–H groups in total. The van der Waals surface area contributed by atoms with Gasteiger partial charge in [0.1, 0.15) is 0 Å². The molecule has 2 aromatic rings. The lowest BCUT2D eigenvalue weighted by molar-refractivity contribution is 0.603. The highest BCUT2D eigenvalue weighted by Gasteiger charge is 2.14. The van der Waals surface area contributed by atoms with Crippen molar-refractivity contribution in [2.45, 2.75) is 6.42 Å². The van der Waals surface area contributed by atoms with Crippen LogP contribution >= 0.6 is 0 Å². The molecule has 0 amide bonds. The predicted molar refractivity (Wildman–Crippen MR) is 63.5 cm³/mol. The Morgan fingerprint density at radius 1 is 1.50 bits per heavy atom. The summed E-state index contributed by atoms with van der Waals surface area (Å²) >= 11 is 0.